The van der Waals surface area contributed by atoms with E-state index in [2.05, 4.69) is 10.4 Å². The molecule has 0 spiro atoms. The molecule has 7 heteroatoms. The van der Waals surface area contributed by atoms with E-state index in [4.69, 9.17) is 0 Å². The number of hydrogen-bond acceptors (Lipinski definition) is 5. The molecule has 6 nitrogen and oxygen atoms in total. The SMILES string of the molecule is CSc1ccc(C(CC(=O)O)NC(=O)c2ccc(N3CCC(C)=N3)cc2)cc1. The fraction of sp³-hybridized carbons (Fsp3) is 0.286. The third-order valence-electron chi connectivity index (χ3n) is 4.61. The fourth-order valence-electron chi connectivity index (χ4n) is 3.05. The third kappa shape index (κ3) is 4.92. The molecule has 1 heterocycles. The van der Waals surface area contributed by atoms with Crippen LogP contribution in [0, 0.1) is 0 Å². The first-order valence-electron chi connectivity index (χ1n) is 9.04. The minimum atomic E-state index is -0.961. The highest BCUT2D eigenvalue weighted by Gasteiger charge is 2.20. The minimum Gasteiger partial charge on any atom is -0.481 e. The van der Waals surface area contributed by atoms with Crippen LogP contribution in [-0.4, -0.2) is 35.5 Å². The summed E-state index contributed by atoms with van der Waals surface area (Å²) in [6.45, 7) is 2.83. The molecule has 1 unspecified atom stereocenters. The lowest BCUT2D eigenvalue weighted by atomic mass is 10.0. The van der Waals surface area contributed by atoms with Crippen LogP contribution >= 0.6 is 11.8 Å². The van der Waals surface area contributed by atoms with Crippen LogP contribution in [0.5, 0.6) is 0 Å². The van der Waals surface area contributed by atoms with Crippen molar-refractivity contribution in [2.75, 3.05) is 17.8 Å². The zero-order valence-corrected chi connectivity index (χ0v) is 16.7. The van der Waals surface area contributed by atoms with Crippen molar-refractivity contribution >= 4 is 35.0 Å². The van der Waals surface area contributed by atoms with E-state index >= 15 is 0 Å². The van der Waals surface area contributed by atoms with Crippen molar-refractivity contribution < 1.29 is 14.7 Å². The molecule has 1 aliphatic heterocycles. The van der Waals surface area contributed by atoms with E-state index in [1.807, 2.05) is 54.6 Å². The van der Waals surface area contributed by atoms with Gasteiger partial charge in [-0.2, -0.15) is 5.10 Å². The van der Waals surface area contributed by atoms with Crippen molar-refractivity contribution in [3.8, 4) is 0 Å². The number of carbonyl (C=O) groups excluding carboxylic acids is 1. The van der Waals surface area contributed by atoms with Gasteiger partial charge in [0.2, 0.25) is 0 Å². The summed E-state index contributed by atoms with van der Waals surface area (Å²) in [5.74, 6) is -1.26. The summed E-state index contributed by atoms with van der Waals surface area (Å²) in [4.78, 5) is 25.0. The maximum atomic E-state index is 12.7. The zero-order valence-electron chi connectivity index (χ0n) is 15.9. The Morgan fingerprint density at radius 2 is 1.86 bits per heavy atom. The van der Waals surface area contributed by atoms with Crippen molar-refractivity contribution in [2.24, 2.45) is 5.10 Å². The molecule has 0 aromatic heterocycles. The largest absolute Gasteiger partial charge is 0.481 e. The second-order valence-corrected chi connectivity index (χ2v) is 7.53. The standard InChI is InChI=1S/C21H23N3O3S/c1-14-11-12-24(23-14)17-7-3-16(4-8-17)21(27)22-19(13-20(25)26)15-5-9-18(28-2)10-6-15/h3-10,19H,11-13H2,1-2H3,(H,22,27)(H,25,26). The van der Waals surface area contributed by atoms with Gasteiger partial charge in [0.1, 0.15) is 0 Å². The highest BCUT2D eigenvalue weighted by molar-refractivity contribution is 7.98. The summed E-state index contributed by atoms with van der Waals surface area (Å²) in [5.41, 5.74) is 3.28. The van der Waals surface area contributed by atoms with Crippen molar-refractivity contribution in [1.29, 1.82) is 0 Å². The third-order valence-corrected chi connectivity index (χ3v) is 5.35. The van der Waals surface area contributed by atoms with Gasteiger partial charge in [0.05, 0.1) is 18.2 Å². The average Bonchev–Trinajstić information content (AvgIpc) is 3.13. The van der Waals surface area contributed by atoms with E-state index < -0.39 is 12.0 Å². The lowest BCUT2D eigenvalue weighted by Gasteiger charge is -2.18. The number of aliphatic carboxylic acids is 1. The van der Waals surface area contributed by atoms with E-state index in [0.29, 0.717) is 5.56 Å². The molecule has 28 heavy (non-hydrogen) atoms. The molecule has 2 aromatic rings. The van der Waals surface area contributed by atoms with Crippen LogP contribution in [0.4, 0.5) is 5.69 Å². The quantitative estimate of drug-likeness (QED) is 0.692. The molecule has 2 N–H and O–H groups in total. The molecule has 0 fully saturated rings. The van der Waals surface area contributed by atoms with Gasteiger partial charge in [-0.05, 0) is 55.1 Å². The van der Waals surface area contributed by atoms with Crippen LogP contribution in [0.25, 0.3) is 0 Å². The number of benzene rings is 2. The number of rotatable bonds is 7. The Labute approximate surface area is 168 Å². The average molecular weight is 398 g/mol. The molecule has 0 aliphatic carbocycles. The van der Waals surface area contributed by atoms with E-state index in [9.17, 15) is 14.7 Å². The number of carbonyl (C=O) groups is 2. The van der Waals surface area contributed by atoms with Crippen molar-refractivity contribution in [1.82, 2.24) is 5.32 Å². The number of hydrazone groups is 1. The van der Waals surface area contributed by atoms with Gasteiger partial charge < -0.3 is 10.4 Å². The lowest BCUT2D eigenvalue weighted by molar-refractivity contribution is -0.137. The summed E-state index contributed by atoms with van der Waals surface area (Å²) in [5, 5.41) is 18.4. The molecule has 1 atom stereocenters. The Morgan fingerprint density at radius 1 is 1.18 bits per heavy atom. The number of amides is 1. The topological polar surface area (TPSA) is 82.0 Å². The van der Waals surface area contributed by atoms with E-state index in [0.717, 1.165) is 34.8 Å². The lowest BCUT2D eigenvalue weighted by Crippen LogP contribution is -2.30. The number of hydrogen-bond donors (Lipinski definition) is 2. The smallest absolute Gasteiger partial charge is 0.305 e. The number of nitrogens with one attached hydrogen (secondary N) is 1. The van der Waals surface area contributed by atoms with Gasteiger partial charge in [0.15, 0.2) is 0 Å². The Balaban J connectivity index is 1.72. The Kier molecular flexibility index (Phi) is 6.36. The summed E-state index contributed by atoms with van der Waals surface area (Å²) >= 11 is 1.61. The molecule has 1 aliphatic rings. The highest BCUT2D eigenvalue weighted by Crippen LogP contribution is 2.23. The van der Waals surface area contributed by atoms with Gasteiger partial charge in [0.25, 0.3) is 5.91 Å². The van der Waals surface area contributed by atoms with Crippen LogP contribution in [0.1, 0.15) is 41.7 Å². The molecule has 0 saturated heterocycles. The number of thioether (sulfide) groups is 1. The minimum absolute atomic E-state index is 0.176. The molecule has 0 saturated carbocycles. The van der Waals surface area contributed by atoms with Gasteiger partial charge in [0, 0.05) is 29.1 Å². The number of nitrogens with zero attached hydrogens (tertiary/aromatic N) is 2. The maximum absolute atomic E-state index is 12.7. The summed E-state index contributed by atoms with van der Waals surface area (Å²) in [6, 6.07) is 14.2. The second-order valence-electron chi connectivity index (χ2n) is 6.65. The molecule has 0 radical (unpaired) electrons. The van der Waals surface area contributed by atoms with Crippen molar-refractivity contribution in [3.05, 3.63) is 59.7 Å². The van der Waals surface area contributed by atoms with Crippen LogP contribution in [0.2, 0.25) is 0 Å². The van der Waals surface area contributed by atoms with E-state index in [1.165, 1.54) is 0 Å². The fourth-order valence-corrected chi connectivity index (χ4v) is 3.46. The molecular formula is C21H23N3O3S. The van der Waals surface area contributed by atoms with Gasteiger partial charge in [-0.3, -0.25) is 14.6 Å². The van der Waals surface area contributed by atoms with E-state index in [1.54, 1.807) is 23.9 Å². The summed E-state index contributed by atoms with van der Waals surface area (Å²) in [6.07, 6.45) is 2.74. The van der Waals surface area contributed by atoms with Gasteiger partial charge >= 0.3 is 5.97 Å². The van der Waals surface area contributed by atoms with Crippen LogP contribution in [0.15, 0.2) is 58.5 Å². The number of carboxylic acid groups (broad SMARTS) is 1. The number of carboxylic acids is 1. The summed E-state index contributed by atoms with van der Waals surface area (Å²) < 4.78 is 0. The molecule has 146 valence electrons. The first-order chi connectivity index (χ1) is 13.5. The molecule has 3 rings (SSSR count). The number of anilines is 1. The van der Waals surface area contributed by atoms with Crippen LogP contribution in [-0.2, 0) is 4.79 Å². The normalized spacial score (nSPS) is 14.5. The molecule has 2 aromatic carbocycles. The van der Waals surface area contributed by atoms with Crippen molar-refractivity contribution in [3.63, 3.8) is 0 Å². The zero-order chi connectivity index (χ0) is 20.1. The maximum Gasteiger partial charge on any atom is 0.305 e. The molecular weight excluding hydrogens is 374 g/mol. The monoisotopic (exact) mass is 397 g/mol. The molecule has 1 amide bonds. The highest BCUT2D eigenvalue weighted by atomic mass is 32.2. The van der Waals surface area contributed by atoms with Crippen molar-refractivity contribution in [2.45, 2.75) is 30.7 Å². The predicted octanol–water partition coefficient (Wildman–Crippen LogP) is 3.94. The Bertz CT molecular complexity index is 879. The molecule has 0 bridgehead atoms. The first-order valence-corrected chi connectivity index (χ1v) is 10.3. The summed E-state index contributed by atoms with van der Waals surface area (Å²) in [7, 11) is 0. The Hall–Kier alpha value is -2.80. The predicted molar refractivity (Wildman–Crippen MR) is 112 cm³/mol. The van der Waals surface area contributed by atoms with E-state index in [-0.39, 0.29) is 12.3 Å². The van der Waals surface area contributed by atoms with Gasteiger partial charge in [-0.15, -0.1) is 11.8 Å². The second kappa shape index (κ2) is 8.93. The van der Waals surface area contributed by atoms with Crippen LogP contribution < -0.4 is 10.3 Å². The first kappa shape index (κ1) is 19.9. The van der Waals surface area contributed by atoms with Gasteiger partial charge in [-0.1, -0.05) is 12.1 Å². The van der Waals surface area contributed by atoms with Gasteiger partial charge in [-0.25, -0.2) is 0 Å². The Morgan fingerprint density at radius 3 is 2.39 bits per heavy atom. The van der Waals surface area contributed by atoms with Crippen LogP contribution in [0.3, 0.4) is 0 Å².